The average Bonchev–Trinajstić information content (AvgIpc) is 3.40. The highest BCUT2D eigenvalue weighted by molar-refractivity contribution is 5.94. The lowest BCUT2D eigenvalue weighted by molar-refractivity contribution is 0.0652. The van der Waals surface area contributed by atoms with Crippen molar-refractivity contribution < 1.29 is 4.79 Å². The number of aromatic nitrogens is 5. The molecule has 6 rings (SSSR count). The maximum Gasteiger partial charge on any atom is 0.325 e. The predicted octanol–water partition coefficient (Wildman–Crippen LogP) is 1.89. The quantitative estimate of drug-likeness (QED) is 0.515. The first-order valence-corrected chi connectivity index (χ1v) is 10.6. The molecule has 9 heteroatoms. The molecular weight excluding hydrogens is 408 g/mol. The first kappa shape index (κ1) is 18.7. The summed E-state index contributed by atoms with van der Waals surface area (Å²) in [7, 11) is 0. The standard InChI is InChI=1S/C23H20N6O3/c30-21-18(12-25-23(32)26-21)19-11-17(20-24-6-9-29(20)27-19)16-10-15(16)13-2-4-14(5-3-13)22(31)28-7-1-8-28/h2-6,9,11-12,15-16H,1,7-8,10H2,(H2,25,26,30,32)/t15-,16+/m1/s1. The number of nitrogens with zero attached hydrogens (tertiary/aromatic N) is 4. The molecule has 1 aliphatic heterocycles. The Balaban J connectivity index is 1.32. The molecule has 0 bridgehead atoms. The number of aromatic amines is 2. The van der Waals surface area contributed by atoms with Crippen molar-refractivity contribution in [2.45, 2.75) is 24.7 Å². The van der Waals surface area contributed by atoms with Gasteiger partial charge in [-0.3, -0.25) is 14.6 Å². The number of hydrogen-bond acceptors (Lipinski definition) is 5. The zero-order valence-electron chi connectivity index (χ0n) is 17.1. The summed E-state index contributed by atoms with van der Waals surface area (Å²) in [5.74, 6) is 0.646. The number of fused-ring (bicyclic) bond motifs is 1. The molecule has 2 atom stereocenters. The highest BCUT2D eigenvalue weighted by Crippen LogP contribution is 2.55. The maximum absolute atomic E-state index is 12.4. The van der Waals surface area contributed by atoms with Gasteiger partial charge in [0.25, 0.3) is 11.5 Å². The second-order valence-electron chi connectivity index (χ2n) is 8.38. The summed E-state index contributed by atoms with van der Waals surface area (Å²) >= 11 is 0. The van der Waals surface area contributed by atoms with Gasteiger partial charge >= 0.3 is 5.69 Å². The molecule has 1 amide bonds. The maximum atomic E-state index is 12.4. The van der Waals surface area contributed by atoms with Gasteiger partial charge in [0.2, 0.25) is 0 Å². The molecule has 3 aromatic heterocycles. The van der Waals surface area contributed by atoms with Crippen LogP contribution in [0, 0.1) is 0 Å². The van der Waals surface area contributed by atoms with Crippen LogP contribution in [0.25, 0.3) is 16.9 Å². The number of nitrogens with one attached hydrogen (secondary N) is 2. The average molecular weight is 428 g/mol. The number of carbonyl (C=O) groups excluding carboxylic acids is 1. The summed E-state index contributed by atoms with van der Waals surface area (Å²) in [4.78, 5) is 47.1. The van der Waals surface area contributed by atoms with E-state index in [1.54, 1.807) is 16.9 Å². The third-order valence-electron chi connectivity index (χ3n) is 6.40. The van der Waals surface area contributed by atoms with Crippen molar-refractivity contribution in [3.05, 3.63) is 86.5 Å². The van der Waals surface area contributed by atoms with Gasteiger partial charge in [0.15, 0.2) is 5.65 Å². The first-order valence-electron chi connectivity index (χ1n) is 10.6. The van der Waals surface area contributed by atoms with Crippen LogP contribution < -0.4 is 11.2 Å². The minimum Gasteiger partial charge on any atom is -0.339 e. The lowest BCUT2D eigenvalue weighted by Crippen LogP contribution is -2.41. The number of carbonyl (C=O) groups is 1. The molecule has 0 spiro atoms. The highest BCUT2D eigenvalue weighted by Gasteiger charge is 2.41. The number of benzene rings is 1. The second kappa shape index (κ2) is 7.01. The van der Waals surface area contributed by atoms with Gasteiger partial charge in [-0.05, 0) is 48.4 Å². The van der Waals surface area contributed by atoms with Crippen LogP contribution in [0.3, 0.4) is 0 Å². The molecule has 0 radical (unpaired) electrons. The van der Waals surface area contributed by atoms with Gasteiger partial charge in [-0.15, -0.1) is 0 Å². The van der Waals surface area contributed by atoms with E-state index in [1.807, 2.05) is 35.2 Å². The molecule has 1 aliphatic carbocycles. The van der Waals surface area contributed by atoms with E-state index in [0.717, 1.165) is 42.7 Å². The molecule has 2 fully saturated rings. The summed E-state index contributed by atoms with van der Waals surface area (Å²) in [6, 6.07) is 9.78. The van der Waals surface area contributed by atoms with E-state index < -0.39 is 11.2 Å². The van der Waals surface area contributed by atoms with Gasteiger partial charge in [0.1, 0.15) is 0 Å². The molecule has 1 saturated carbocycles. The molecule has 2 N–H and O–H groups in total. The Morgan fingerprint density at radius 1 is 1.09 bits per heavy atom. The normalized spacial score (nSPS) is 19.7. The van der Waals surface area contributed by atoms with Crippen molar-refractivity contribution >= 4 is 11.6 Å². The smallest absolute Gasteiger partial charge is 0.325 e. The van der Waals surface area contributed by atoms with E-state index in [1.165, 1.54) is 11.8 Å². The van der Waals surface area contributed by atoms with Crippen molar-refractivity contribution in [2.75, 3.05) is 13.1 Å². The van der Waals surface area contributed by atoms with E-state index in [9.17, 15) is 14.4 Å². The van der Waals surface area contributed by atoms with Gasteiger partial charge in [-0.2, -0.15) is 5.10 Å². The Hall–Kier alpha value is -4.01. The summed E-state index contributed by atoms with van der Waals surface area (Å²) in [5, 5.41) is 4.50. The molecule has 4 aromatic rings. The minimum absolute atomic E-state index is 0.0964. The van der Waals surface area contributed by atoms with Crippen molar-refractivity contribution in [1.82, 2.24) is 29.5 Å². The highest BCUT2D eigenvalue weighted by atomic mass is 16.2. The van der Waals surface area contributed by atoms with Crippen LogP contribution in [-0.2, 0) is 0 Å². The Morgan fingerprint density at radius 3 is 2.62 bits per heavy atom. The van der Waals surface area contributed by atoms with Crippen LogP contribution in [0.4, 0.5) is 0 Å². The fourth-order valence-electron chi connectivity index (χ4n) is 4.43. The van der Waals surface area contributed by atoms with Crippen molar-refractivity contribution in [3.63, 3.8) is 0 Å². The van der Waals surface area contributed by atoms with Crippen LogP contribution >= 0.6 is 0 Å². The van der Waals surface area contributed by atoms with Crippen molar-refractivity contribution in [2.24, 2.45) is 0 Å². The molecule has 4 heterocycles. The van der Waals surface area contributed by atoms with E-state index in [4.69, 9.17) is 0 Å². The second-order valence-corrected chi connectivity index (χ2v) is 8.38. The number of imidazole rings is 1. The van der Waals surface area contributed by atoms with E-state index in [0.29, 0.717) is 17.2 Å². The molecule has 1 aromatic carbocycles. The fourth-order valence-corrected chi connectivity index (χ4v) is 4.43. The SMILES string of the molecule is O=C(c1ccc([C@H]2C[C@@H]2c2cc(-c3c[nH]c(=O)[nH]c3=O)nn3ccnc23)cc1)N1CCC1. The van der Waals surface area contributed by atoms with Crippen molar-refractivity contribution in [3.8, 4) is 11.3 Å². The lowest BCUT2D eigenvalue weighted by atomic mass is 10.0. The zero-order valence-corrected chi connectivity index (χ0v) is 17.1. The number of likely N-dealkylation sites (tertiary alicyclic amines) is 1. The summed E-state index contributed by atoms with van der Waals surface area (Å²) in [5.41, 5.74) is 3.41. The Morgan fingerprint density at radius 2 is 1.91 bits per heavy atom. The molecule has 0 unspecified atom stereocenters. The lowest BCUT2D eigenvalue weighted by Gasteiger charge is -2.30. The Kier molecular flexibility index (Phi) is 4.11. The molecule has 32 heavy (non-hydrogen) atoms. The van der Waals surface area contributed by atoms with E-state index in [-0.39, 0.29) is 11.8 Å². The third-order valence-corrected chi connectivity index (χ3v) is 6.40. The monoisotopic (exact) mass is 428 g/mol. The van der Waals surface area contributed by atoms with Gasteiger partial charge in [-0.1, -0.05) is 12.1 Å². The van der Waals surface area contributed by atoms with Gasteiger partial charge in [-0.25, -0.2) is 14.3 Å². The number of H-pyrrole nitrogens is 2. The van der Waals surface area contributed by atoms with Crippen LogP contribution in [0.15, 0.2) is 58.5 Å². The molecule has 9 nitrogen and oxygen atoms in total. The topological polar surface area (TPSA) is 116 Å². The summed E-state index contributed by atoms with van der Waals surface area (Å²) < 4.78 is 1.67. The van der Waals surface area contributed by atoms with Gasteiger partial charge in [0.05, 0.1) is 11.3 Å². The summed E-state index contributed by atoms with van der Waals surface area (Å²) in [6.45, 7) is 1.68. The number of hydrogen-bond donors (Lipinski definition) is 2. The van der Waals surface area contributed by atoms with Crippen LogP contribution in [-0.4, -0.2) is 48.5 Å². The first-order chi connectivity index (χ1) is 15.6. The minimum atomic E-state index is -0.555. The predicted molar refractivity (Wildman–Crippen MR) is 117 cm³/mol. The number of amides is 1. The van der Waals surface area contributed by atoms with Crippen LogP contribution in [0.2, 0.25) is 0 Å². The van der Waals surface area contributed by atoms with E-state index >= 15 is 0 Å². The molecule has 1 saturated heterocycles. The Bertz CT molecular complexity index is 1460. The molecule has 2 aliphatic rings. The van der Waals surface area contributed by atoms with E-state index in [2.05, 4.69) is 20.1 Å². The zero-order chi connectivity index (χ0) is 21.8. The van der Waals surface area contributed by atoms with Gasteiger partial charge < -0.3 is 9.88 Å². The van der Waals surface area contributed by atoms with Crippen molar-refractivity contribution in [1.29, 1.82) is 0 Å². The molecule has 160 valence electrons. The fraction of sp³-hybridized carbons (Fsp3) is 0.261. The number of rotatable bonds is 4. The summed E-state index contributed by atoms with van der Waals surface area (Å²) in [6.07, 6.45) is 6.84. The third kappa shape index (κ3) is 3.05. The Labute approximate surface area is 181 Å². The van der Waals surface area contributed by atoms with Crippen LogP contribution in [0.5, 0.6) is 0 Å². The van der Waals surface area contributed by atoms with Gasteiger partial charge in [0, 0.05) is 42.8 Å². The largest absolute Gasteiger partial charge is 0.339 e. The molecular formula is C23H20N6O3. The van der Waals surface area contributed by atoms with Crippen LogP contribution in [0.1, 0.15) is 46.2 Å².